The van der Waals surface area contributed by atoms with Crippen LogP contribution in [0.2, 0.25) is 0 Å². The van der Waals surface area contributed by atoms with Gasteiger partial charge < -0.3 is 10.8 Å². The molecule has 0 fully saturated rings. The largest absolute Gasteiger partial charge is 0.481 e. The fourth-order valence-corrected chi connectivity index (χ4v) is 2.27. The molecule has 18 heavy (non-hydrogen) atoms. The van der Waals surface area contributed by atoms with Crippen LogP contribution in [0, 0.1) is 0 Å². The smallest absolute Gasteiger partial charge is 0.303 e. The molecule has 0 aromatic heterocycles. The second-order valence-electron chi connectivity index (χ2n) is 4.81. The van der Waals surface area contributed by atoms with E-state index in [4.69, 9.17) is 10.8 Å². The van der Waals surface area contributed by atoms with Gasteiger partial charge in [-0.25, -0.2) is 0 Å². The van der Waals surface area contributed by atoms with Gasteiger partial charge in [0.25, 0.3) is 0 Å². The number of hydrogen-bond acceptors (Lipinski definition) is 3. The van der Waals surface area contributed by atoms with Gasteiger partial charge in [-0.2, -0.15) is 0 Å². The summed E-state index contributed by atoms with van der Waals surface area (Å²) in [6, 6.07) is 0. The van der Waals surface area contributed by atoms with Gasteiger partial charge in [-0.15, -0.1) is 0 Å². The Morgan fingerprint density at radius 3 is 2.72 bits per heavy atom. The predicted octanol–water partition coefficient (Wildman–Crippen LogP) is 0.775. The number of amidine groups is 1. The highest BCUT2D eigenvalue weighted by Gasteiger charge is 2.19. The minimum Gasteiger partial charge on any atom is -0.481 e. The van der Waals surface area contributed by atoms with Gasteiger partial charge >= 0.3 is 5.97 Å². The first-order valence-corrected chi connectivity index (χ1v) is 7.00. The monoisotopic (exact) mass is 256 g/mol. The van der Waals surface area contributed by atoms with Crippen molar-refractivity contribution in [2.75, 3.05) is 26.2 Å². The summed E-state index contributed by atoms with van der Waals surface area (Å²) in [5.74, 6) is 0.749. The zero-order valence-electron chi connectivity index (χ0n) is 11.2. The Kier molecular flexibility index (Phi) is 7.41. The van der Waals surface area contributed by atoms with Crippen LogP contribution in [0.15, 0.2) is 0 Å². The van der Waals surface area contributed by atoms with E-state index in [0.29, 0.717) is 13.0 Å². The molecule has 0 aromatic carbocycles. The first-order valence-electron chi connectivity index (χ1n) is 7.00. The molecule has 0 saturated heterocycles. The molecule has 2 aliphatic rings. The molecule has 0 unspecified atom stereocenters. The van der Waals surface area contributed by atoms with Gasteiger partial charge in [0, 0.05) is 19.3 Å². The van der Waals surface area contributed by atoms with Crippen molar-refractivity contribution in [1.29, 1.82) is 0 Å². The summed E-state index contributed by atoms with van der Waals surface area (Å²) in [6.07, 6.45) is 7.58. The topological polar surface area (TPSA) is 78.4 Å². The lowest BCUT2D eigenvalue weighted by Gasteiger charge is -2.14. The maximum Gasteiger partial charge on any atom is 0.303 e. The minimum atomic E-state index is -0.773. The third kappa shape index (κ3) is 6.00. The second-order valence-corrected chi connectivity index (χ2v) is 4.81. The number of carboxylic acids is 1. The molecule has 0 aromatic rings. The molecule has 2 rings (SSSR count). The molecule has 5 nitrogen and oxygen atoms in total. The summed E-state index contributed by atoms with van der Waals surface area (Å²) < 4.78 is 2.54. The average molecular weight is 256 g/mol. The Labute approximate surface area is 109 Å². The van der Waals surface area contributed by atoms with Crippen molar-refractivity contribution in [3.8, 4) is 0 Å². The normalized spacial score (nSPS) is 18.9. The van der Waals surface area contributed by atoms with Gasteiger partial charge in [0.2, 0.25) is 5.84 Å². The molecule has 2 aliphatic heterocycles. The number of carbonyl (C=O) groups is 1. The van der Waals surface area contributed by atoms with Crippen molar-refractivity contribution in [1.82, 2.24) is 5.32 Å². The summed E-state index contributed by atoms with van der Waals surface area (Å²) in [5.41, 5.74) is 5.01. The van der Waals surface area contributed by atoms with Crippen LogP contribution in [0.1, 0.15) is 44.9 Å². The molecule has 4 N–H and O–H groups in total. The number of nitrogens with zero attached hydrogens (tertiary/aromatic N) is 1. The molecule has 0 aliphatic carbocycles. The highest BCUT2D eigenvalue weighted by molar-refractivity contribution is 5.77. The third-order valence-electron chi connectivity index (χ3n) is 3.25. The summed E-state index contributed by atoms with van der Waals surface area (Å²) in [5, 5.41) is 11.5. The number of aliphatic carboxylic acids is 1. The number of carboxylic acid groups (broad SMARTS) is 1. The fourth-order valence-electron chi connectivity index (χ4n) is 2.27. The standard InChI is InChI=1S/C9H16N2.C4H9NO2/c1-2-5-9-10-6-4-8-11(9)7-3-1;5-3-1-2-4(6)7/h1-8H2;1-3,5H2,(H,6,7)/p+1. The zero-order valence-corrected chi connectivity index (χ0v) is 11.2. The molecule has 104 valence electrons. The van der Waals surface area contributed by atoms with Crippen molar-refractivity contribution >= 4 is 11.8 Å². The van der Waals surface area contributed by atoms with E-state index in [0.717, 1.165) is 0 Å². The van der Waals surface area contributed by atoms with E-state index in [1.807, 2.05) is 0 Å². The van der Waals surface area contributed by atoms with Gasteiger partial charge in [0.15, 0.2) is 0 Å². The van der Waals surface area contributed by atoms with Crippen molar-refractivity contribution in [3.05, 3.63) is 0 Å². The lowest BCUT2D eigenvalue weighted by molar-refractivity contribution is -0.534. The van der Waals surface area contributed by atoms with Crippen LogP contribution < -0.4 is 11.1 Å². The Bertz CT molecular complexity index is 272. The summed E-state index contributed by atoms with van der Waals surface area (Å²) in [7, 11) is 0. The van der Waals surface area contributed by atoms with E-state index in [1.165, 1.54) is 57.6 Å². The van der Waals surface area contributed by atoms with E-state index >= 15 is 0 Å². The van der Waals surface area contributed by atoms with E-state index in [1.54, 1.807) is 0 Å². The lowest BCUT2D eigenvalue weighted by Crippen LogP contribution is -2.40. The Hall–Kier alpha value is -1.10. The van der Waals surface area contributed by atoms with Crippen molar-refractivity contribution in [2.24, 2.45) is 5.73 Å². The number of rotatable bonds is 3. The molecule has 0 radical (unpaired) electrons. The number of hydrogen-bond donors (Lipinski definition) is 3. The van der Waals surface area contributed by atoms with Crippen LogP contribution >= 0.6 is 0 Å². The lowest BCUT2D eigenvalue weighted by atomic mass is 10.2. The molecule has 5 heteroatoms. The van der Waals surface area contributed by atoms with Crippen LogP contribution in [-0.4, -0.2) is 47.7 Å². The molecule has 0 saturated carbocycles. The molecule has 0 bridgehead atoms. The minimum absolute atomic E-state index is 0.191. The van der Waals surface area contributed by atoms with Crippen LogP contribution in [-0.2, 0) is 4.79 Å². The maximum absolute atomic E-state index is 9.70. The zero-order chi connectivity index (χ0) is 13.2. The van der Waals surface area contributed by atoms with Crippen molar-refractivity contribution < 1.29 is 14.5 Å². The fraction of sp³-hybridized carbons (Fsp3) is 0.846. The van der Waals surface area contributed by atoms with Crippen LogP contribution in [0.25, 0.3) is 0 Å². The van der Waals surface area contributed by atoms with E-state index < -0.39 is 5.97 Å². The molecule has 0 spiro atoms. The van der Waals surface area contributed by atoms with Gasteiger partial charge in [0.05, 0.1) is 19.6 Å². The molecule has 0 atom stereocenters. The number of nitrogens with two attached hydrogens (primary N) is 1. The maximum atomic E-state index is 9.70. The first-order chi connectivity index (χ1) is 8.74. The van der Waals surface area contributed by atoms with Gasteiger partial charge in [-0.1, -0.05) is 0 Å². The van der Waals surface area contributed by atoms with E-state index in [-0.39, 0.29) is 6.42 Å². The Morgan fingerprint density at radius 2 is 2.06 bits per heavy atom. The predicted molar refractivity (Wildman–Crippen MR) is 72.0 cm³/mol. The van der Waals surface area contributed by atoms with Crippen LogP contribution in [0.3, 0.4) is 0 Å². The van der Waals surface area contributed by atoms with Gasteiger partial charge in [0.1, 0.15) is 0 Å². The third-order valence-corrected chi connectivity index (χ3v) is 3.25. The molecular formula is C13H26N3O2+. The summed E-state index contributed by atoms with van der Waals surface area (Å²) >= 11 is 0. The Balaban J connectivity index is 0.000000203. The van der Waals surface area contributed by atoms with E-state index in [9.17, 15) is 4.79 Å². The highest BCUT2D eigenvalue weighted by Crippen LogP contribution is 2.08. The van der Waals surface area contributed by atoms with Crippen LogP contribution in [0.5, 0.6) is 0 Å². The molecule has 0 amide bonds. The average Bonchev–Trinajstić information content (AvgIpc) is 2.62. The van der Waals surface area contributed by atoms with Crippen molar-refractivity contribution in [2.45, 2.75) is 44.9 Å². The quantitative estimate of drug-likeness (QED) is 0.652. The first kappa shape index (κ1) is 15.0. The molecule has 2 heterocycles. The van der Waals surface area contributed by atoms with Crippen LogP contribution in [0.4, 0.5) is 0 Å². The van der Waals surface area contributed by atoms with Crippen molar-refractivity contribution in [3.63, 3.8) is 0 Å². The SMILES string of the molecule is C1CCC2=[N+](CC1)CCCN2.NCCCC(=O)O. The number of nitrogens with one attached hydrogen (secondary N) is 1. The second kappa shape index (κ2) is 8.91. The highest BCUT2D eigenvalue weighted by atomic mass is 16.4. The summed E-state index contributed by atoms with van der Waals surface area (Å²) in [6.45, 7) is 4.25. The Morgan fingerprint density at radius 1 is 1.28 bits per heavy atom. The van der Waals surface area contributed by atoms with Gasteiger partial charge in [-0.3, -0.25) is 14.7 Å². The van der Waals surface area contributed by atoms with Gasteiger partial charge in [-0.05, 0) is 32.2 Å². The molecular weight excluding hydrogens is 230 g/mol. The summed E-state index contributed by atoms with van der Waals surface area (Å²) in [4.78, 5) is 9.70. The van der Waals surface area contributed by atoms with E-state index in [2.05, 4.69) is 9.89 Å².